The molecule has 0 aliphatic rings. The summed E-state index contributed by atoms with van der Waals surface area (Å²) in [6, 6.07) is 14.6. The number of hydrogen-bond acceptors (Lipinski definition) is 21. The molecular formula is C26H24N6Na4O13S6. The van der Waals surface area contributed by atoms with E-state index in [-0.39, 0.29) is 170 Å². The van der Waals surface area contributed by atoms with Gasteiger partial charge in [-0.2, -0.15) is 50.2 Å². The number of benzene rings is 3. The Labute approximate surface area is 415 Å². The molecule has 0 bridgehead atoms. The maximum Gasteiger partial charge on any atom is 1.00 e. The first-order valence-corrected chi connectivity index (χ1v) is 21.4. The van der Waals surface area contributed by atoms with Crippen molar-refractivity contribution in [3.63, 3.8) is 0 Å². The van der Waals surface area contributed by atoms with E-state index in [4.69, 9.17) is 17.4 Å². The fraction of sp³-hybridized carbons (Fsp3) is 0.269. The number of anilines is 2. The van der Waals surface area contributed by atoms with Gasteiger partial charge in [-0.15, -0.1) is 29.5 Å². The van der Waals surface area contributed by atoms with Crippen LogP contribution in [0, 0.1) is 6.07 Å². The Bertz CT molecular complexity index is 2300. The van der Waals surface area contributed by atoms with Gasteiger partial charge in [0.15, 0.2) is 5.16 Å². The number of nitrogens with one attached hydrogen (secondary N) is 1. The van der Waals surface area contributed by atoms with Crippen molar-refractivity contribution >= 4 is 98.3 Å². The van der Waals surface area contributed by atoms with Crippen LogP contribution in [0.5, 0.6) is 5.75 Å². The number of hydrogen-bond donors (Lipinski definition) is 1. The average Bonchev–Trinajstić information content (AvgIpc) is 3.02. The van der Waals surface area contributed by atoms with Gasteiger partial charge < -0.3 is 23.7 Å². The number of fused-ring (bicyclic) bond motifs is 1. The van der Waals surface area contributed by atoms with Crippen molar-refractivity contribution < 1.29 is 175 Å². The summed E-state index contributed by atoms with van der Waals surface area (Å²) in [5.41, 5.74) is 1.06. The molecule has 0 radical (unpaired) electrons. The quantitative estimate of drug-likeness (QED) is 0.0272. The van der Waals surface area contributed by atoms with Crippen molar-refractivity contribution in [2.24, 2.45) is 10.2 Å². The molecule has 0 spiro atoms. The van der Waals surface area contributed by atoms with Crippen LogP contribution in [0.2, 0.25) is 0 Å². The molecule has 29 heteroatoms. The van der Waals surface area contributed by atoms with E-state index in [0.29, 0.717) is 22.5 Å². The molecule has 4 rings (SSSR count). The van der Waals surface area contributed by atoms with Crippen molar-refractivity contribution in [1.29, 1.82) is 0 Å². The van der Waals surface area contributed by atoms with E-state index in [9.17, 15) is 38.9 Å². The van der Waals surface area contributed by atoms with Gasteiger partial charge in [-0.25, -0.2) is 21.8 Å². The molecule has 0 aliphatic carbocycles. The predicted octanol–water partition coefficient (Wildman–Crippen LogP) is -9.29. The number of azo groups is 1. The van der Waals surface area contributed by atoms with E-state index in [1.54, 1.807) is 36.4 Å². The number of rotatable bonds is 16. The van der Waals surface area contributed by atoms with E-state index in [2.05, 4.69) is 36.6 Å². The minimum atomic E-state index is -4.74. The van der Waals surface area contributed by atoms with Crippen LogP contribution in [0.25, 0.3) is 10.8 Å². The van der Waals surface area contributed by atoms with E-state index in [0.717, 1.165) is 29.6 Å². The summed E-state index contributed by atoms with van der Waals surface area (Å²) in [5, 5.41) is 12.2. The van der Waals surface area contributed by atoms with Crippen LogP contribution >= 0.6 is 23.5 Å². The van der Waals surface area contributed by atoms with Gasteiger partial charge in [0, 0.05) is 29.1 Å². The number of aromatic nitrogens is 3. The van der Waals surface area contributed by atoms with Crippen LogP contribution in [0.15, 0.2) is 68.8 Å². The Kier molecular flexibility index (Phi) is 28.2. The van der Waals surface area contributed by atoms with Gasteiger partial charge in [0.05, 0.1) is 60.3 Å². The fourth-order valence-corrected chi connectivity index (χ4v) is 7.70. The molecule has 0 fully saturated rings. The minimum Gasteiger partial charge on any atom is -0.754 e. The summed E-state index contributed by atoms with van der Waals surface area (Å²) in [4.78, 5) is 12.6. The predicted molar refractivity (Wildman–Crippen MR) is 181 cm³/mol. The van der Waals surface area contributed by atoms with Crippen LogP contribution in [-0.4, -0.2) is 96.6 Å². The van der Waals surface area contributed by atoms with Gasteiger partial charge in [0.25, 0.3) is 0 Å². The maximum absolute atomic E-state index is 11.7. The Morgan fingerprint density at radius 3 is 2.00 bits per heavy atom. The third kappa shape index (κ3) is 22.4. The van der Waals surface area contributed by atoms with Gasteiger partial charge >= 0.3 is 129 Å². The van der Waals surface area contributed by atoms with E-state index >= 15 is 0 Å². The molecule has 55 heavy (non-hydrogen) atoms. The summed E-state index contributed by atoms with van der Waals surface area (Å²) in [6.07, 6.45) is 0.0664. The zero-order chi connectivity index (χ0) is 37.8. The summed E-state index contributed by atoms with van der Waals surface area (Å²) in [7, 11) is -15.2. The molecule has 276 valence electrons. The number of nitrogens with zero attached hydrogens (tertiary/aromatic N) is 5. The Morgan fingerprint density at radius 1 is 0.818 bits per heavy atom. The maximum atomic E-state index is 11.7. The molecule has 1 heterocycles. The first-order chi connectivity index (χ1) is 23.8. The van der Waals surface area contributed by atoms with Crippen LogP contribution < -0.4 is 128 Å². The molecule has 0 saturated carbocycles. The van der Waals surface area contributed by atoms with Gasteiger partial charge in [0.2, 0.25) is 5.95 Å². The minimum absolute atomic E-state index is 0. The van der Waals surface area contributed by atoms with Crippen LogP contribution in [0.3, 0.4) is 0 Å². The Morgan fingerprint density at radius 2 is 1.42 bits per heavy atom. The largest absolute Gasteiger partial charge is 1.00 e. The topological polar surface area (TPSA) is 307 Å². The average molecular weight is 913 g/mol. The standard InChI is InChI=1S/C26H27N6O10S5.4Na.O3S/c1-42-22-15-19(32-31-18-7-6-17-4-2-5-23(20(17)14-18)47(39,40)41)8-9-21(22)27-25-28-24(16-43-11-13-46(36,37)38)29-26(30-25)44-10-3-12-45(33,34)35;;;;;1-4(2)3/h4-9,14-15H,3,10-13,16H2,1H3,(H,33,34,35)(H,36,37,38)(H,39,40,41)(H,27,28,29,30);;;;;/q-1;4*+1;/p-3. The van der Waals surface area contributed by atoms with Crippen LogP contribution in [0.1, 0.15) is 12.2 Å². The van der Waals surface area contributed by atoms with E-state index in [1.165, 1.54) is 13.2 Å². The van der Waals surface area contributed by atoms with Crippen LogP contribution in [0.4, 0.5) is 23.0 Å². The zero-order valence-electron chi connectivity index (χ0n) is 29.9. The molecule has 0 saturated heterocycles. The first-order valence-electron chi connectivity index (χ1n) is 13.7. The molecule has 1 aromatic heterocycles. The van der Waals surface area contributed by atoms with Crippen molar-refractivity contribution in [3.05, 3.63) is 60.4 Å². The van der Waals surface area contributed by atoms with Crippen molar-refractivity contribution in [1.82, 2.24) is 15.0 Å². The number of thioether (sulfide) groups is 2. The molecule has 0 amide bonds. The second-order valence-electron chi connectivity index (χ2n) is 9.60. The SMILES string of the molecule is COc1cc(N=Nc2ccc3c[c-]cc(S(=O)(=O)[O-])c3c2)ccc1Nc1nc(CSCCS(=O)(=O)[O-])nc(SCCCS(=O)(=O)[O-])n1.O=S(=O)=O.[Na+].[Na+].[Na+].[Na+]. The third-order valence-corrected chi connectivity index (χ3v) is 10.4. The molecule has 3 aromatic carbocycles. The van der Waals surface area contributed by atoms with Gasteiger partial charge in [-0.1, -0.05) is 11.8 Å². The molecule has 0 atom stereocenters. The van der Waals surface area contributed by atoms with Crippen LogP contribution in [-0.2, 0) is 46.7 Å². The van der Waals surface area contributed by atoms with E-state index in [1.807, 2.05) is 0 Å². The Balaban J connectivity index is 0. The van der Waals surface area contributed by atoms with Crippen molar-refractivity contribution in [2.45, 2.75) is 22.2 Å². The smallest absolute Gasteiger partial charge is 0.754 e. The molecule has 1 N–H and O–H groups in total. The summed E-state index contributed by atoms with van der Waals surface area (Å²) in [6.45, 7) is 0. The molecular weight excluding hydrogens is 889 g/mol. The molecule has 0 aliphatic heterocycles. The normalized spacial score (nSPS) is 11.1. The summed E-state index contributed by atoms with van der Waals surface area (Å²) in [5.74, 6) is -0.0994. The fourth-order valence-electron chi connectivity index (χ4n) is 3.83. The molecule has 4 aromatic rings. The van der Waals surface area contributed by atoms with E-state index < -0.39 is 57.4 Å². The molecule has 19 nitrogen and oxygen atoms in total. The number of ether oxygens (including phenoxy) is 1. The zero-order valence-corrected chi connectivity index (χ0v) is 42.8. The Hall–Kier alpha value is 0.180. The van der Waals surface area contributed by atoms with Crippen molar-refractivity contribution in [2.75, 3.05) is 35.4 Å². The van der Waals surface area contributed by atoms with Gasteiger partial charge in [0.1, 0.15) is 11.6 Å². The van der Waals surface area contributed by atoms with Gasteiger partial charge in [-0.05, 0) is 35.6 Å². The monoisotopic (exact) mass is 912 g/mol. The second kappa shape index (κ2) is 27.1. The second-order valence-corrected chi connectivity index (χ2v) is 16.6. The molecule has 0 unspecified atom stereocenters. The third-order valence-electron chi connectivity index (χ3n) is 5.88. The first kappa shape index (κ1) is 57.3. The van der Waals surface area contributed by atoms with Crippen molar-refractivity contribution in [3.8, 4) is 5.75 Å². The van der Waals surface area contributed by atoms with Gasteiger partial charge in [-0.3, -0.25) is 8.42 Å². The number of methoxy groups -OCH3 is 1. The summed E-state index contributed by atoms with van der Waals surface area (Å²) >= 11 is 2.21. The summed E-state index contributed by atoms with van der Waals surface area (Å²) < 4.78 is 131.